The summed E-state index contributed by atoms with van der Waals surface area (Å²) in [6.45, 7) is 3.18. The highest BCUT2D eigenvalue weighted by molar-refractivity contribution is 6.08. The van der Waals surface area contributed by atoms with Gasteiger partial charge in [0.25, 0.3) is 5.91 Å². The molecule has 4 nitrogen and oxygen atoms in total. The first kappa shape index (κ1) is 15.4. The van der Waals surface area contributed by atoms with Crippen LogP contribution in [0.3, 0.4) is 0 Å². The molecule has 23 heavy (non-hydrogen) atoms. The molecule has 0 N–H and O–H groups in total. The number of hydrogen-bond donors (Lipinski definition) is 0. The van der Waals surface area contributed by atoms with Crippen molar-refractivity contribution in [2.24, 2.45) is 0 Å². The second-order valence-corrected chi connectivity index (χ2v) is 5.48. The van der Waals surface area contributed by atoms with Crippen molar-refractivity contribution in [3.8, 4) is 11.5 Å². The number of para-hydroxylation sites is 1. The average molecular weight is 311 g/mol. The molecule has 3 rings (SSSR count). The smallest absolute Gasteiger partial charge is 0.262 e. The fourth-order valence-corrected chi connectivity index (χ4v) is 2.98. The fourth-order valence-electron chi connectivity index (χ4n) is 2.98. The number of carbonyl (C=O) groups is 1. The second-order valence-electron chi connectivity index (χ2n) is 5.48. The molecular formula is C19H21NO3. The molecule has 120 valence electrons. The van der Waals surface area contributed by atoms with Crippen LogP contribution in [0, 0.1) is 0 Å². The summed E-state index contributed by atoms with van der Waals surface area (Å²) in [5.74, 6) is 1.45. The summed E-state index contributed by atoms with van der Waals surface area (Å²) in [5, 5.41) is 0. The number of hydrogen-bond acceptors (Lipinski definition) is 3. The summed E-state index contributed by atoms with van der Waals surface area (Å²) in [4.78, 5) is 14.9. The molecule has 0 saturated carbocycles. The lowest BCUT2D eigenvalue weighted by molar-refractivity contribution is 0.0981. The Morgan fingerprint density at radius 2 is 2.04 bits per heavy atom. The van der Waals surface area contributed by atoms with Gasteiger partial charge in [-0.2, -0.15) is 0 Å². The number of benzene rings is 2. The monoisotopic (exact) mass is 311 g/mol. The average Bonchev–Trinajstić information content (AvgIpc) is 2.61. The van der Waals surface area contributed by atoms with Gasteiger partial charge in [-0.25, -0.2) is 0 Å². The molecule has 0 fully saturated rings. The van der Waals surface area contributed by atoms with E-state index in [-0.39, 0.29) is 5.91 Å². The molecule has 1 aliphatic heterocycles. The molecule has 0 aliphatic carbocycles. The summed E-state index contributed by atoms with van der Waals surface area (Å²) in [6, 6.07) is 13.3. The topological polar surface area (TPSA) is 38.8 Å². The maximum absolute atomic E-state index is 13.0. The van der Waals surface area contributed by atoms with Crippen LogP contribution in [0.2, 0.25) is 0 Å². The Balaban J connectivity index is 1.96. The third-order valence-electron chi connectivity index (χ3n) is 4.07. The van der Waals surface area contributed by atoms with Gasteiger partial charge >= 0.3 is 0 Å². The highest BCUT2D eigenvalue weighted by Crippen LogP contribution is 2.32. The number of rotatable bonds is 4. The van der Waals surface area contributed by atoms with Gasteiger partial charge in [0.1, 0.15) is 11.5 Å². The van der Waals surface area contributed by atoms with Crippen molar-refractivity contribution < 1.29 is 14.3 Å². The van der Waals surface area contributed by atoms with Gasteiger partial charge in [0, 0.05) is 12.2 Å². The van der Waals surface area contributed by atoms with Gasteiger partial charge < -0.3 is 14.4 Å². The van der Waals surface area contributed by atoms with E-state index in [1.54, 1.807) is 7.11 Å². The third-order valence-corrected chi connectivity index (χ3v) is 4.07. The van der Waals surface area contributed by atoms with Crippen LogP contribution in [0.5, 0.6) is 11.5 Å². The van der Waals surface area contributed by atoms with Crippen molar-refractivity contribution in [1.29, 1.82) is 0 Å². The highest BCUT2D eigenvalue weighted by atomic mass is 16.5. The highest BCUT2D eigenvalue weighted by Gasteiger charge is 2.25. The Hall–Kier alpha value is -2.49. The van der Waals surface area contributed by atoms with Crippen molar-refractivity contribution in [3.05, 3.63) is 53.6 Å². The third kappa shape index (κ3) is 3.02. The molecule has 1 heterocycles. The molecule has 0 spiro atoms. The van der Waals surface area contributed by atoms with E-state index < -0.39 is 0 Å². The van der Waals surface area contributed by atoms with Crippen LogP contribution < -0.4 is 14.4 Å². The number of carbonyl (C=O) groups excluding carboxylic acids is 1. The van der Waals surface area contributed by atoms with Crippen molar-refractivity contribution in [2.45, 2.75) is 19.8 Å². The number of methoxy groups -OCH3 is 1. The van der Waals surface area contributed by atoms with E-state index in [1.807, 2.05) is 54.3 Å². The number of amides is 1. The zero-order valence-corrected chi connectivity index (χ0v) is 13.5. The molecule has 1 amide bonds. The zero-order chi connectivity index (χ0) is 16.2. The first-order valence-corrected chi connectivity index (χ1v) is 7.95. The SMILES string of the molecule is CCOc1ccccc1C(=O)N1CCCc2cc(OC)ccc21. The van der Waals surface area contributed by atoms with Crippen molar-refractivity contribution in [3.63, 3.8) is 0 Å². The molecular weight excluding hydrogens is 290 g/mol. The quantitative estimate of drug-likeness (QED) is 0.864. The van der Waals surface area contributed by atoms with Crippen LogP contribution in [-0.4, -0.2) is 26.2 Å². The molecule has 0 unspecified atom stereocenters. The first-order chi connectivity index (χ1) is 11.2. The van der Waals surface area contributed by atoms with Gasteiger partial charge in [0.2, 0.25) is 0 Å². The van der Waals surface area contributed by atoms with E-state index in [0.29, 0.717) is 17.9 Å². The predicted molar refractivity (Wildman–Crippen MR) is 90.6 cm³/mol. The van der Waals surface area contributed by atoms with Crippen LogP contribution in [0.1, 0.15) is 29.3 Å². The van der Waals surface area contributed by atoms with Gasteiger partial charge in [-0.05, 0) is 55.7 Å². The number of fused-ring (bicyclic) bond motifs is 1. The normalized spacial score (nSPS) is 13.4. The Bertz CT molecular complexity index is 712. The predicted octanol–water partition coefficient (Wildman–Crippen LogP) is 3.69. The summed E-state index contributed by atoms with van der Waals surface area (Å²) in [5.41, 5.74) is 2.73. The largest absolute Gasteiger partial charge is 0.497 e. The fraction of sp³-hybridized carbons (Fsp3) is 0.316. The van der Waals surface area contributed by atoms with E-state index in [4.69, 9.17) is 9.47 Å². The van der Waals surface area contributed by atoms with Gasteiger partial charge in [-0.3, -0.25) is 4.79 Å². The minimum Gasteiger partial charge on any atom is -0.497 e. The zero-order valence-electron chi connectivity index (χ0n) is 13.5. The molecule has 4 heteroatoms. The molecule has 2 aromatic carbocycles. The number of aryl methyl sites for hydroxylation is 1. The van der Waals surface area contributed by atoms with Crippen LogP contribution in [0.15, 0.2) is 42.5 Å². The van der Waals surface area contributed by atoms with Gasteiger partial charge in [-0.15, -0.1) is 0 Å². The van der Waals surface area contributed by atoms with Crippen LogP contribution in [0.4, 0.5) is 5.69 Å². The molecule has 2 aromatic rings. The number of nitrogens with zero attached hydrogens (tertiary/aromatic N) is 1. The molecule has 0 saturated heterocycles. The van der Waals surface area contributed by atoms with Crippen LogP contribution in [0.25, 0.3) is 0 Å². The summed E-state index contributed by atoms with van der Waals surface area (Å²) in [7, 11) is 1.66. The van der Waals surface area contributed by atoms with Gasteiger partial charge in [-0.1, -0.05) is 12.1 Å². The molecule has 0 aromatic heterocycles. The van der Waals surface area contributed by atoms with Gasteiger partial charge in [0.15, 0.2) is 0 Å². The van der Waals surface area contributed by atoms with E-state index >= 15 is 0 Å². The lowest BCUT2D eigenvalue weighted by Gasteiger charge is -2.30. The molecule has 0 atom stereocenters. The molecule has 0 bridgehead atoms. The minimum absolute atomic E-state index is 0.0137. The van der Waals surface area contributed by atoms with Gasteiger partial charge in [0.05, 0.1) is 19.3 Å². The lowest BCUT2D eigenvalue weighted by Crippen LogP contribution is -2.35. The van der Waals surface area contributed by atoms with Crippen LogP contribution in [-0.2, 0) is 6.42 Å². The first-order valence-electron chi connectivity index (χ1n) is 7.95. The van der Waals surface area contributed by atoms with E-state index in [9.17, 15) is 4.79 Å². The van der Waals surface area contributed by atoms with E-state index in [2.05, 4.69) is 0 Å². The van der Waals surface area contributed by atoms with E-state index in [1.165, 1.54) is 0 Å². The van der Waals surface area contributed by atoms with Crippen molar-refractivity contribution >= 4 is 11.6 Å². The Labute approximate surface area is 136 Å². The Morgan fingerprint density at radius 3 is 2.83 bits per heavy atom. The molecule has 0 radical (unpaired) electrons. The van der Waals surface area contributed by atoms with Crippen molar-refractivity contribution in [1.82, 2.24) is 0 Å². The summed E-state index contributed by atoms with van der Waals surface area (Å²) >= 11 is 0. The Morgan fingerprint density at radius 1 is 1.22 bits per heavy atom. The Kier molecular flexibility index (Phi) is 4.51. The maximum atomic E-state index is 13.0. The minimum atomic E-state index is -0.0137. The van der Waals surface area contributed by atoms with Crippen LogP contribution >= 0.6 is 0 Å². The standard InChI is InChI=1S/C19H21NO3/c1-3-23-18-9-5-4-8-16(18)19(21)20-12-6-7-14-13-15(22-2)10-11-17(14)20/h4-5,8-11,13H,3,6-7,12H2,1-2H3. The second kappa shape index (κ2) is 6.73. The number of ether oxygens (including phenoxy) is 2. The number of anilines is 1. The lowest BCUT2D eigenvalue weighted by atomic mass is 10.00. The van der Waals surface area contributed by atoms with E-state index in [0.717, 1.165) is 36.4 Å². The summed E-state index contributed by atoms with van der Waals surface area (Å²) in [6.07, 6.45) is 1.91. The molecule has 1 aliphatic rings. The summed E-state index contributed by atoms with van der Waals surface area (Å²) < 4.78 is 10.9. The van der Waals surface area contributed by atoms with Crippen molar-refractivity contribution in [2.75, 3.05) is 25.2 Å². The maximum Gasteiger partial charge on any atom is 0.262 e.